The Morgan fingerprint density at radius 3 is 2.75 bits per heavy atom. The molecule has 0 radical (unpaired) electrons. The number of aliphatic hydroxyl groups is 1. The Hall–Kier alpha value is -1.13. The Balaban J connectivity index is 1.70. The van der Waals surface area contributed by atoms with Gasteiger partial charge in [-0.2, -0.15) is 0 Å². The molecule has 1 atom stereocenters. The molecule has 0 aromatic heterocycles. The van der Waals surface area contributed by atoms with Crippen molar-refractivity contribution in [1.82, 2.24) is 4.90 Å². The van der Waals surface area contributed by atoms with Crippen LogP contribution in [0.25, 0.3) is 0 Å². The molecule has 2 rings (SSSR count). The highest BCUT2D eigenvalue weighted by molar-refractivity contribution is 5.21. The van der Waals surface area contributed by atoms with E-state index in [0.717, 1.165) is 26.1 Å². The van der Waals surface area contributed by atoms with Gasteiger partial charge >= 0.3 is 0 Å². The highest BCUT2D eigenvalue weighted by Gasteiger charge is 2.19. The van der Waals surface area contributed by atoms with Crippen molar-refractivity contribution in [3.05, 3.63) is 30.1 Å². The average Bonchev–Trinajstić information content (AvgIpc) is 2.67. The molecule has 1 saturated heterocycles. The Labute approximate surface area is 94.4 Å². The molecule has 0 aliphatic carbocycles. The van der Waals surface area contributed by atoms with E-state index in [2.05, 4.69) is 4.90 Å². The van der Waals surface area contributed by atoms with Crippen molar-refractivity contribution in [2.45, 2.75) is 12.5 Å². The van der Waals surface area contributed by atoms with Crippen molar-refractivity contribution >= 4 is 0 Å². The van der Waals surface area contributed by atoms with Crippen LogP contribution in [0.15, 0.2) is 24.3 Å². The second kappa shape index (κ2) is 5.27. The summed E-state index contributed by atoms with van der Waals surface area (Å²) < 4.78 is 18.1. The molecule has 0 spiro atoms. The van der Waals surface area contributed by atoms with E-state index in [1.807, 2.05) is 0 Å². The topological polar surface area (TPSA) is 32.7 Å². The number of halogens is 1. The van der Waals surface area contributed by atoms with Crippen molar-refractivity contribution in [3.8, 4) is 5.75 Å². The van der Waals surface area contributed by atoms with Gasteiger partial charge in [0, 0.05) is 19.6 Å². The zero-order valence-electron chi connectivity index (χ0n) is 9.10. The van der Waals surface area contributed by atoms with Gasteiger partial charge < -0.3 is 9.84 Å². The van der Waals surface area contributed by atoms with Gasteiger partial charge in [0.1, 0.15) is 18.2 Å². The van der Waals surface area contributed by atoms with E-state index in [4.69, 9.17) is 4.74 Å². The van der Waals surface area contributed by atoms with Crippen LogP contribution in [0.4, 0.5) is 4.39 Å². The SMILES string of the molecule is O[C@@H]1CCN(CCOc2ccc(F)cc2)C1. The lowest BCUT2D eigenvalue weighted by Gasteiger charge is -2.15. The summed E-state index contributed by atoms with van der Waals surface area (Å²) in [6.45, 7) is 3.02. The zero-order chi connectivity index (χ0) is 11.4. The molecule has 3 nitrogen and oxygen atoms in total. The fourth-order valence-corrected chi connectivity index (χ4v) is 1.84. The van der Waals surface area contributed by atoms with Crippen molar-refractivity contribution in [2.75, 3.05) is 26.2 Å². The molecule has 1 aromatic rings. The molecular weight excluding hydrogens is 209 g/mol. The maximum absolute atomic E-state index is 12.6. The van der Waals surface area contributed by atoms with E-state index in [0.29, 0.717) is 12.4 Å². The molecule has 1 N–H and O–H groups in total. The van der Waals surface area contributed by atoms with Crippen LogP contribution < -0.4 is 4.74 Å². The molecular formula is C12H16FNO2. The number of ether oxygens (including phenoxy) is 1. The largest absolute Gasteiger partial charge is 0.492 e. The highest BCUT2D eigenvalue weighted by atomic mass is 19.1. The van der Waals surface area contributed by atoms with Crippen LogP contribution in [0.3, 0.4) is 0 Å². The van der Waals surface area contributed by atoms with Gasteiger partial charge in [-0.25, -0.2) is 4.39 Å². The fourth-order valence-electron chi connectivity index (χ4n) is 1.84. The lowest BCUT2D eigenvalue weighted by Crippen LogP contribution is -2.27. The third kappa shape index (κ3) is 3.18. The van der Waals surface area contributed by atoms with Crippen LogP contribution in [-0.2, 0) is 0 Å². The number of hydrogen-bond acceptors (Lipinski definition) is 3. The minimum absolute atomic E-state index is 0.189. The molecule has 0 saturated carbocycles. The molecule has 1 aromatic carbocycles. The number of nitrogens with zero attached hydrogens (tertiary/aromatic N) is 1. The summed E-state index contributed by atoms with van der Waals surface area (Å²) in [5.74, 6) is 0.427. The molecule has 0 unspecified atom stereocenters. The van der Waals surface area contributed by atoms with E-state index < -0.39 is 0 Å². The second-order valence-electron chi connectivity index (χ2n) is 4.05. The monoisotopic (exact) mass is 225 g/mol. The normalized spacial score (nSPS) is 21.2. The maximum atomic E-state index is 12.6. The zero-order valence-corrected chi connectivity index (χ0v) is 9.10. The summed E-state index contributed by atoms with van der Waals surface area (Å²) in [4.78, 5) is 2.16. The van der Waals surface area contributed by atoms with Crippen LogP contribution in [0.1, 0.15) is 6.42 Å². The van der Waals surface area contributed by atoms with Crippen molar-refractivity contribution in [1.29, 1.82) is 0 Å². The van der Waals surface area contributed by atoms with E-state index in [-0.39, 0.29) is 11.9 Å². The first-order valence-corrected chi connectivity index (χ1v) is 5.53. The van der Waals surface area contributed by atoms with Crippen LogP contribution in [-0.4, -0.2) is 42.4 Å². The van der Waals surface area contributed by atoms with Crippen molar-refractivity contribution < 1.29 is 14.2 Å². The second-order valence-corrected chi connectivity index (χ2v) is 4.05. The van der Waals surface area contributed by atoms with E-state index in [9.17, 15) is 9.50 Å². The molecule has 16 heavy (non-hydrogen) atoms. The Morgan fingerprint density at radius 2 is 2.12 bits per heavy atom. The molecule has 1 aliphatic rings. The standard InChI is InChI=1S/C12H16FNO2/c13-10-1-3-12(4-2-10)16-8-7-14-6-5-11(15)9-14/h1-4,11,15H,5-9H2/t11-/m1/s1. The minimum Gasteiger partial charge on any atom is -0.492 e. The quantitative estimate of drug-likeness (QED) is 0.837. The fraction of sp³-hybridized carbons (Fsp3) is 0.500. The first-order chi connectivity index (χ1) is 7.74. The number of β-amino-alcohol motifs (C(OH)–C–C–N with tert-alkyl or cyclic N) is 1. The summed E-state index contributed by atoms with van der Waals surface area (Å²) in [6, 6.07) is 6.01. The lowest BCUT2D eigenvalue weighted by molar-refractivity contribution is 0.167. The van der Waals surface area contributed by atoms with Gasteiger partial charge in [0.25, 0.3) is 0 Å². The summed E-state index contributed by atoms with van der Waals surface area (Å²) >= 11 is 0. The van der Waals surface area contributed by atoms with Gasteiger partial charge in [-0.15, -0.1) is 0 Å². The van der Waals surface area contributed by atoms with Crippen LogP contribution in [0.2, 0.25) is 0 Å². The molecule has 88 valence electrons. The summed E-state index contributed by atoms with van der Waals surface area (Å²) in [5, 5.41) is 9.32. The van der Waals surface area contributed by atoms with E-state index in [1.165, 1.54) is 12.1 Å². The third-order valence-electron chi connectivity index (χ3n) is 2.74. The van der Waals surface area contributed by atoms with Crippen molar-refractivity contribution in [3.63, 3.8) is 0 Å². The predicted molar refractivity (Wildman–Crippen MR) is 59.0 cm³/mol. The molecule has 0 bridgehead atoms. The first kappa shape index (κ1) is 11.4. The Bertz CT molecular complexity index is 328. The van der Waals surface area contributed by atoms with Crippen LogP contribution in [0.5, 0.6) is 5.75 Å². The third-order valence-corrected chi connectivity index (χ3v) is 2.74. The van der Waals surface area contributed by atoms with Crippen LogP contribution >= 0.6 is 0 Å². The van der Waals surface area contributed by atoms with Gasteiger partial charge in [-0.05, 0) is 30.7 Å². The van der Waals surface area contributed by atoms with Gasteiger partial charge in [-0.3, -0.25) is 4.90 Å². The number of hydrogen-bond donors (Lipinski definition) is 1. The number of likely N-dealkylation sites (tertiary alicyclic amines) is 1. The molecule has 1 aliphatic heterocycles. The van der Waals surface area contributed by atoms with Crippen LogP contribution in [0, 0.1) is 5.82 Å². The maximum Gasteiger partial charge on any atom is 0.123 e. The number of aliphatic hydroxyl groups excluding tert-OH is 1. The first-order valence-electron chi connectivity index (χ1n) is 5.53. The number of benzene rings is 1. The Morgan fingerprint density at radius 1 is 1.38 bits per heavy atom. The number of rotatable bonds is 4. The summed E-state index contributed by atoms with van der Waals surface area (Å²) in [5.41, 5.74) is 0. The summed E-state index contributed by atoms with van der Waals surface area (Å²) in [6.07, 6.45) is 0.655. The Kier molecular flexibility index (Phi) is 3.74. The average molecular weight is 225 g/mol. The van der Waals surface area contributed by atoms with Crippen molar-refractivity contribution in [2.24, 2.45) is 0 Å². The van der Waals surface area contributed by atoms with Gasteiger partial charge in [-0.1, -0.05) is 0 Å². The summed E-state index contributed by atoms with van der Waals surface area (Å²) in [7, 11) is 0. The smallest absolute Gasteiger partial charge is 0.123 e. The van der Waals surface area contributed by atoms with Gasteiger partial charge in [0.05, 0.1) is 6.10 Å². The molecule has 1 heterocycles. The minimum atomic E-state index is -0.255. The van der Waals surface area contributed by atoms with Gasteiger partial charge in [0.2, 0.25) is 0 Å². The van der Waals surface area contributed by atoms with E-state index >= 15 is 0 Å². The van der Waals surface area contributed by atoms with E-state index in [1.54, 1.807) is 12.1 Å². The highest BCUT2D eigenvalue weighted by Crippen LogP contribution is 2.12. The predicted octanol–water partition coefficient (Wildman–Crippen LogP) is 1.27. The van der Waals surface area contributed by atoms with Gasteiger partial charge in [0.15, 0.2) is 0 Å². The lowest BCUT2D eigenvalue weighted by atomic mass is 10.3. The molecule has 1 fully saturated rings. The molecule has 0 amide bonds. The molecule has 4 heteroatoms.